The van der Waals surface area contributed by atoms with Crippen LogP contribution < -0.4 is 5.56 Å². The summed E-state index contributed by atoms with van der Waals surface area (Å²) in [7, 11) is 0. The van der Waals surface area contributed by atoms with Gasteiger partial charge in [-0.3, -0.25) is 14.7 Å². The minimum atomic E-state index is -0.640. The summed E-state index contributed by atoms with van der Waals surface area (Å²) in [4.78, 5) is 25.0. The van der Waals surface area contributed by atoms with Gasteiger partial charge >= 0.3 is 0 Å². The molecule has 4 nitrogen and oxygen atoms in total. The van der Waals surface area contributed by atoms with Crippen LogP contribution in [-0.4, -0.2) is 15.6 Å². The summed E-state index contributed by atoms with van der Waals surface area (Å²) in [6.45, 7) is 1.62. The van der Waals surface area contributed by atoms with Gasteiger partial charge in [-0.05, 0) is 31.2 Å². The lowest BCUT2D eigenvalue weighted by Crippen LogP contribution is -2.21. The van der Waals surface area contributed by atoms with Crippen LogP contribution in [0, 0.1) is 12.7 Å². The highest BCUT2D eigenvalue weighted by Crippen LogP contribution is 2.14. The van der Waals surface area contributed by atoms with Gasteiger partial charge in [0.15, 0.2) is 0 Å². The Bertz CT molecular complexity index is 895. The predicted molar refractivity (Wildman–Crippen MR) is 81.0 cm³/mol. The minimum absolute atomic E-state index is 0.0473. The first-order chi connectivity index (χ1) is 10.6. The zero-order valence-corrected chi connectivity index (χ0v) is 11.8. The Morgan fingerprint density at radius 3 is 2.36 bits per heavy atom. The smallest absolute Gasteiger partial charge is 0.282 e. The Kier molecular flexibility index (Phi) is 3.47. The number of aromatic amines is 1. The first-order valence-electron chi connectivity index (χ1n) is 6.76. The molecule has 0 amide bonds. The first-order valence-corrected chi connectivity index (χ1v) is 6.76. The van der Waals surface area contributed by atoms with E-state index in [0.717, 1.165) is 0 Å². The summed E-state index contributed by atoms with van der Waals surface area (Å²) in [5.41, 5.74) is 0.373. The Morgan fingerprint density at radius 1 is 1.05 bits per heavy atom. The lowest BCUT2D eigenvalue weighted by Gasteiger charge is -2.00. The molecule has 22 heavy (non-hydrogen) atoms. The van der Waals surface area contributed by atoms with Gasteiger partial charge in [0.25, 0.3) is 5.56 Å². The number of para-hydroxylation sites is 1. The number of carbonyl (C=O) groups excluding carboxylic acids is 1. The molecule has 0 spiro atoms. The van der Waals surface area contributed by atoms with Crippen LogP contribution in [0.15, 0.2) is 59.4 Å². The van der Waals surface area contributed by atoms with Crippen molar-refractivity contribution in [3.63, 3.8) is 0 Å². The molecule has 0 saturated carbocycles. The van der Waals surface area contributed by atoms with Gasteiger partial charge in [-0.15, -0.1) is 0 Å². The number of hydrogen-bond donors (Lipinski definition) is 1. The molecule has 0 aliphatic carbocycles. The summed E-state index contributed by atoms with van der Waals surface area (Å²) in [6, 6.07) is 14.5. The van der Waals surface area contributed by atoms with Gasteiger partial charge in [-0.2, -0.15) is 0 Å². The summed E-state index contributed by atoms with van der Waals surface area (Å²) >= 11 is 0. The van der Waals surface area contributed by atoms with Gasteiger partial charge in [0, 0.05) is 5.69 Å². The molecule has 0 saturated heterocycles. The molecule has 1 aromatic heterocycles. The standard InChI is InChI=1S/C17H13FN2O2/c1-11-15(16(21)13-9-5-6-10-14(13)18)17(22)20(19-11)12-7-3-2-4-8-12/h2-10,19H,1H3. The second-order valence-corrected chi connectivity index (χ2v) is 4.90. The van der Waals surface area contributed by atoms with Crippen molar-refractivity contribution in [2.75, 3.05) is 0 Å². The van der Waals surface area contributed by atoms with Crippen molar-refractivity contribution >= 4 is 5.78 Å². The predicted octanol–water partition coefficient (Wildman–Crippen LogP) is 2.84. The van der Waals surface area contributed by atoms with E-state index in [1.165, 1.54) is 22.9 Å². The maximum absolute atomic E-state index is 13.8. The number of nitrogens with one attached hydrogen (secondary N) is 1. The zero-order chi connectivity index (χ0) is 15.7. The summed E-state index contributed by atoms with van der Waals surface area (Å²) in [5.74, 6) is -1.26. The highest BCUT2D eigenvalue weighted by molar-refractivity contribution is 6.09. The molecule has 0 aliphatic rings. The van der Waals surface area contributed by atoms with E-state index in [4.69, 9.17) is 0 Å². The third-order valence-corrected chi connectivity index (χ3v) is 3.43. The lowest BCUT2D eigenvalue weighted by molar-refractivity contribution is 0.103. The van der Waals surface area contributed by atoms with E-state index >= 15 is 0 Å². The van der Waals surface area contributed by atoms with Crippen molar-refractivity contribution in [3.05, 3.63) is 87.6 Å². The molecule has 110 valence electrons. The molecule has 0 bridgehead atoms. The van der Waals surface area contributed by atoms with Crippen LogP contribution in [0.1, 0.15) is 21.6 Å². The van der Waals surface area contributed by atoms with E-state index in [1.807, 2.05) is 6.07 Å². The molecule has 0 aliphatic heterocycles. The van der Waals surface area contributed by atoms with Gasteiger partial charge in [0.05, 0.1) is 11.3 Å². The van der Waals surface area contributed by atoms with Crippen molar-refractivity contribution < 1.29 is 9.18 Å². The Morgan fingerprint density at radius 2 is 1.68 bits per heavy atom. The molecule has 0 fully saturated rings. The molecule has 1 heterocycles. The largest absolute Gasteiger partial charge is 0.295 e. The fourth-order valence-corrected chi connectivity index (χ4v) is 2.35. The number of halogens is 1. The number of aryl methyl sites for hydroxylation is 1. The van der Waals surface area contributed by atoms with E-state index in [-0.39, 0.29) is 11.1 Å². The molecular formula is C17H13FN2O2. The first kappa shape index (κ1) is 14.0. The number of nitrogens with zero attached hydrogens (tertiary/aromatic N) is 1. The van der Waals surface area contributed by atoms with Crippen molar-refractivity contribution in [2.24, 2.45) is 0 Å². The summed E-state index contributed by atoms with van der Waals surface area (Å²) < 4.78 is 15.1. The highest BCUT2D eigenvalue weighted by Gasteiger charge is 2.22. The number of aromatic nitrogens is 2. The maximum Gasteiger partial charge on any atom is 0.282 e. The number of H-pyrrole nitrogens is 1. The van der Waals surface area contributed by atoms with Crippen LogP contribution in [-0.2, 0) is 0 Å². The second kappa shape index (κ2) is 5.44. The van der Waals surface area contributed by atoms with E-state index in [2.05, 4.69) is 5.10 Å². The molecular weight excluding hydrogens is 283 g/mol. The van der Waals surface area contributed by atoms with Crippen molar-refractivity contribution in [3.8, 4) is 5.69 Å². The van der Waals surface area contributed by atoms with Crippen LogP contribution >= 0.6 is 0 Å². The normalized spacial score (nSPS) is 10.6. The van der Waals surface area contributed by atoms with Crippen LogP contribution in [0.3, 0.4) is 0 Å². The topological polar surface area (TPSA) is 54.9 Å². The average molecular weight is 296 g/mol. The van der Waals surface area contributed by atoms with Crippen LogP contribution in [0.4, 0.5) is 4.39 Å². The molecule has 0 atom stereocenters. The van der Waals surface area contributed by atoms with Gasteiger partial charge in [-0.1, -0.05) is 30.3 Å². The Labute approximate surface area is 125 Å². The van der Waals surface area contributed by atoms with Gasteiger partial charge < -0.3 is 0 Å². The zero-order valence-electron chi connectivity index (χ0n) is 11.8. The fourth-order valence-electron chi connectivity index (χ4n) is 2.35. The molecule has 0 unspecified atom stereocenters. The van der Waals surface area contributed by atoms with Crippen molar-refractivity contribution in [1.82, 2.24) is 9.78 Å². The van der Waals surface area contributed by atoms with Crippen LogP contribution in [0.2, 0.25) is 0 Å². The quantitative estimate of drug-likeness (QED) is 0.756. The van der Waals surface area contributed by atoms with Gasteiger partial charge in [-0.25, -0.2) is 9.07 Å². The highest BCUT2D eigenvalue weighted by atomic mass is 19.1. The number of rotatable bonds is 3. The number of ketones is 1. The third kappa shape index (κ3) is 2.26. The van der Waals surface area contributed by atoms with Crippen LogP contribution in [0.5, 0.6) is 0 Å². The molecule has 3 aromatic rings. The summed E-state index contributed by atoms with van der Waals surface area (Å²) in [5, 5.41) is 2.86. The number of hydrogen-bond acceptors (Lipinski definition) is 2. The molecule has 5 heteroatoms. The van der Waals surface area contributed by atoms with Crippen LogP contribution in [0.25, 0.3) is 5.69 Å². The number of carbonyl (C=O) groups is 1. The molecule has 0 radical (unpaired) electrons. The Balaban J connectivity index is 2.14. The van der Waals surface area contributed by atoms with E-state index in [9.17, 15) is 14.0 Å². The summed E-state index contributed by atoms with van der Waals surface area (Å²) in [6.07, 6.45) is 0. The van der Waals surface area contributed by atoms with Crippen molar-refractivity contribution in [2.45, 2.75) is 6.92 Å². The second-order valence-electron chi connectivity index (χ2n) is 4.90. The fraction of sp³-hybridized carbons (Fsp3) is 0.0588. The monoisotopic (exact) mass is 296 g/mol. The van der Waals surface area contributed by atoms with E-state index in [0.29, 0.717) is 11.4 Å². The maximum atomic E-state index is 13.8. The van der Waals surface area contributed by atoms with Gasteiger partial charge in [0.1, 0.15) is 11.4 Å². The van der Waals surface area contributed by atoms with E-state index in [1.54, 1.807) is 37.3 Å². The Hall–Kier alpha value is -2.95. The number of benzene rings is 2. The lowest BCUT2D eigenvalue weighted by atomic mass is 10.0. The van der Waals surface area contributed by atoms with Gasteiger partial charge in [0.2, 0.25) is 5.78 Å². The molecule has 1 N–H and O–H groups in total. The van der Waals surface area contributed by atoms with Crippen molar-refractivity contribution in [1.29, 1.82) is 0 Å². The minimum Gasteiger partial charge on any atom is -0.295 e. The average Bonchev–Trinajstić information content (AvgIpc) is 2.83. The molecule has 2 aromatic carbocycles. The SMILES string of the molecule is Cc1[nH]n(-c2ccccc2)c(=O)c1C(=O)c1ccccc1F. The third-order valence-electron chi connectivity index (χ3n) is 3.43. The van der Waals surface area contributed by atoms with E-state index < -0.39 is 17.2 Å². The molecule has 3 rings (SSSR count).